The van der Waals surface area contributed by atoms with Crippen LogP contribution in [0.4, 0.5) is 0 Å². The Kier molecular flexibility index (Phi) is 6.44. The Morgan fingerprint density at radius 2 is 1.96 bits per heavy atom. The average molecular weight is 312 g/mol. The highest BCUT2D eigenvalue weighted by atomic mass is 16.3. The van der Waals surface area contributed by atoms with Crippen molar-refractivity contribution < 1.29 is 9.90 Å². The van der Waals surface area contributed by atoms with Gasteiger partial charge in [-0.15, -0.1) is 4.91 Å². The normalized spacial score (nSPS) is 12.4. The van der Waals surface area contributed by atoms with Crippen molar-refractivity contribution in [3.8, 4) is 0 Å². The van der Waals surface area contributed by atoms with E-state index < -0.39 is 12.0 Å². The van der Waals surface area contributed by atoms with E-state index in [-0.39, 0.29) is 0 Å². The lowest BCUT2D eigenvalue weighted by Crippen LogP contribution is -2.12. The molecular formula is C18H20N2O3. The molecule has 2 aromatic rings. The van der Waals surface area contributed by atoms with Crippen LogP contribution < -0.4 is 5.43 Å². The Labute approximate surface area is 135 Å². The van der Waals surface area contributed by atoms with Crippen molar-refractivity contribution in [1.82, 2.24) is 5.43 Å². The molecule has 5 heteroatoms. The van der Waals surface area contributed by atoms with Crippen LogP contribution in [0.2, 0.25) is 0 Å². The van der Waals surface area contributed by atoms with Crippen LogP contribution in [0.15, 0.2) is 59.9 Å². The highest BCUT2D eigenvalue weighted by Gasteiger charge is 2.07. The fraction of sp³-hybridized carbons (Fsp3) is 0.278. The van der Waals surface area contributed by atoms with E-state index in [0.717, 1.165) is 35.6 Å². The number of nitroso groups, excluding NO2 is 1. The average Bonchev–Trinajstić information content (AvgIpc) is 2.57. The van der Waals surface area contributed by atoms with Gasteiger partial charge in [0.1, 0.15) is 0 Å². The summed E-state index contributed by atoms with van der Waals surface area (Å²) < 4.78 is 0. The largest absolute Gasteiger partial charge is 0.388 e. The van der Waals surface area contributed by atoms with E-state index >= 15 is 0 Å². The van der Waals surface area contributed by atoms with Crippen LogP contribution in [0.25, 0.3) is 10.8 Å². The molecule has 0 aliphatic rings. The zero-order valence-electron chi connectivity index (χ0n) is 12.8. The number of carbonyl (C=O) groups excluding carboxylic acids is 1. The Bertz CT molecular complexity index is 697. The third-order valence-electron chi connectivity index (χ3n) is 3.68. The van der Waals surface area contributed by atoms with Gasteiger partial charge in [0, 0.05) is 6.08 Å². The summed E-state index contributed by atoms with van der Waals surface area (Å²) in [7, 11) is 0. The highest BCUT2D eigenvalue weighted by Crippen LogP contribution is 2.24. The molecule has 2 rings (SSSR count). The molecule has 0 radical (unpaired) electrons. The predicted molar refractivity (Wildman–Crippen MR) is 90.5 cm³/mol. The first kappa shape index (κ1) is 16.8. The van der Waals surface area contributed by atoms with Gasteiger partial charge in [0.15, 0.2) is 0 Å². The van der Waals surface area contributed by atoms with Gasteiger partial charge in [0.25, 0.3) is 5.91 Å². The lowest BCUT2D eigenvalue weighted by molar-refractivity contribution is -0.116. The summed E-state index contributed by atoms with van der Waals surface area (Å²) >= 11 is 0. The number of unbranched alkanes of at least 4 members (excludes halogenated alkanes) is 2. The molecule has 0 aliphatic heterocycles. The first-order valence-corrected chi connectivity index (χ1v) is 7.66. The van der Waals surface area contributed by atoms with Gasteiger partial charge in [-0.2, -0.15) is 0 Å². The minimum atomic E-state index is -0.517. The Morgan fingerprint density at radius 1 is 1.17 bits per heavy atom. The van der Waals surface area contributed by atoms with Crippen molar-refractivity contribution in [3.63, 3.8) is 0 Å². The molecule has 0 bridgehead atoms. The summed E-state index contributed by atoms with van der Waals surface area (Å²) in [6.45, 7) is 0. The molecular weight excluding hydrogens is 292 g/mol. The van der Waals surface area contributed by atoms with Crippen molar-refractivity contribution in [3.05, 3.63) is 65.1 Å². The van der Waals surface area contributed by atoms with E-state index in [1.165, 1.54) is 6.08 Å². The fourth-order valence-corrected chi connectivity index (χ4v) is 2.45. The van der Waals surface area contributed by atoms with Gasteiger partial charge in [-0.25, -0.2) is 5.43 Å². The summed E-state index contributed by atoms with van der Waals surface area (Å²) in [5.41, 5.74) is 2.72. The summed E-state index contributed by atoms with van der Waals surface area (Å²) in [6.07, 6.45) is 5.62. The standard InChI is InChI=1S/C18H20N2O3/c21-17(9-3-1-2-4-10-18(22)19-20-23)16-12-11-14-7-5-6-8-15(14)13-16/h4-8,10-13,17,21H,1-3,9H2,(H,19,22,23)/b10-4+. The molecule has 0 saturated carbocycles. The number of hydrogen-bond acceptors (Lipinski definition) is 4. The van der Waals surface area contributed by atoms with E-state index in [0.29, 0.717) is 6.42 Å². The molecule has 0 aromatic heterocycles. The van der Waals surface area contributed by atoms with Gasteiger partial charge in [-0.05, 0) is 41.7 Å². The number of fused-ring (bicyclic) bond motifs is 1. The minimum Gasteiger partial charge on any atom is -0.388 e. The molecule has 0 fully saturated rings. The summed E-state index contributed by atoms with van der Waals surface area (Å²) in [6, 6.07) is 14.1. The second-order valence-electron chi connectivity index (χ2n) is 5.38. The van der Waals surface area contributed by atoms with E-state index in [1.54, 1.807) is 11.5 Å². The van der Waals surface area contributed by atoms with Gasteiger partial charge in [0.2, 0.25) is 0 Å². The second-order valence-corrected chi connectivity index (χ2v) is 5.38. The number of rotatable bonds is 8. The number of aliphatic hydroxyl groups is 1. The molecule has 1 atom stereocenters. The predicted octanol–water partition coefficient (Wildman–Crippen LogP) is 3.79. The first-order chi connectivity index (χ1) is 11.2. The minimum absolute atomic E-state index is 0.480. The molecule has 0 saturated heterocycles. The van der Waals surface area contributed by atoms with Crippen LogP contribution >= 0.6 is 0 Å². The molecule has 1 amide bonds. The van der Waals surface area contributed by atoms with Crippen molar-refractivity contribution >= 4 is 16.7 Å². The van der Waals surface area contributed by atoms with Crippen molar-refractivity contribution in [2.45, 2.75) is 31.8 Å². The number of amides is 1. The number of aliphatic hydroxyl groups excluding tert-OH is 1. The van der Waals surface area contributed by atoms with Gasteiger partial charge in [-0.1, -0.05) is 48.9 Å². The zero-order chi connectivity index (χ0) is 16.5. The summed E-state index contributed by atoms with van der Waals surface area (Å²) in [5.74, 6) is -0.517. The van der Waals surface area contributed by atoms with E-state index in [1.807, 2.05) is 42.5 Å². The topological polar surface area (TPSA) is 78.8 Å². The molecule has 5 nitrogen and oxygen atoms in total. The van der Waals surface area contributed by atoms with Crippen LogP contribution in [-0.2, 0) is 4.79 Å². The van der Waals surface area contributed by atoms with Crippen molar-refractivity contribution in [1.29, 1.82) is 0 Å². The van der Waals surface area contributed by atoms with Gasteiger partial charge in [0.05, 0.1) is 11.4 Å². The third-order valence-corrected chi connectivity index (χ3v) is 3.68. The lowest BCUT2D eigenvalue weighted by Gasteiger charge is -2.11. The smallest absolute Gasteiger partial charge is 0.266 e. The number of nitrogens with one attached hydrogen (secondary N) is 1. The Morgan fingerprint density at radius 3 is 2.74 bits per heavy atom. The first-order valence-electron chi connectivity index (χ1n) is 7.66. The van der Waals surface area contributed by atoms with Crippen LogP contribution in [0, 0.1) is 4.91 Å². The molecule has 120 valence electrons. The van der Waals surface area contributed by atoms with Crippen molar-refractivity contribution in [2.75, 3.05) is 0 Å². The van der Waals surface area contributed by atoms with E-state index in [9.17, 15) is 14.8 Å². The van der Waals surface area contributed by atoms with Crippen molar-refractivity contribution in [2.24, 2.45) is 5.29 Å². The van der Waals surface area contributed by atoms with Gasteiger partial charge >= 0.3 is 0 Å². The number of hydrogen-bond donors (Lipinski definition) is 2. The van der Waals surface area contributed by atoms with E-state index in [4.69, 9.17) is 0 Å². The Hall–Kier alpha value is -2.53. The molecule has 1 unspecified atom stereocenters. The second kappa shape index (κ2) is 8.80. The van der Waals surface area contributed by atoms with E-state index in [2.05, 4.69) is 5.29 Å². The molecule has 0 aliphatic carbocycles. The van der Waals surface area contributed by atoms with Crippen LogP contribution in [0.3, 0.4) is 0 Å². The molecule has 2 N–H and O–H groups in total. The zero-order valence-corrected chi connectivity index (χ0v) is 12.8. The van der Waals surface area contributed by atoms with Gasteiger partial charge < -0.3 is 5.11 Å². The highest BCUT2D eigenvalue weighted by molar-refractivity contribution is 5.87. The number of nitrogens with zero attached hydrogens (tertiary/aromatic N) is 1. The summed E-state index contributed by atoms with van der Waals surface area (Å²) in [5, 5.41) is 14.9. The monoisotopic (exact) mass is 312 g/mol. The molecule has 0 heterocycles. The van der Waals surface area contributed by atoms with Crippen LogP contribution in [0.1, 0.15) is 37.4 Å². The third kappa shape index (κ3) is 5.30. The number of benzene rings is 2. The molecule has 0 spiro atoms. The number of allylic oxidation sites excluding steroid dienone is 1. The maximum Gasteiger partial charge on any atom is 0.266 e. The maximum atomic E-state index is 10.9. The molecule has 23 heavy (non-hydrogen) atoms. The summed E-state index contributed by atoms with van der Waals surface area (Å²) in [4.78, 5) is 20.7. The SMILES string of the molecule is O=NNC(=O)/C=C/CCCCC(O)c1ccc2ccccc2c1. The maximum absolute atomic E-state index is 10.9. The lowest BCUT2D eigenvalue weighted by atomic mass is 10.00. The quantitative estimate of drug-likeness (QED) is 0.337. The van der Waals surface area contributed by atoms with Gasteiger partial charge in [-0.3, -0.25) is 4.79 Å². The van der Waals surface area contributed by atoms with Crippen LogP contribution in [-0.4, -0.2) is 11.0 Å². The Balaban J connectivity index is 1.76. The fourth-order valence-electron chi connectivity index (χ4n) is 2.45. The number of carbonyl (C=O) groups is 1. The van der Waals surface area contributed by atoms with Crippen LogP contribution in [0.5, 0.6) is 0 Å². The molecule has 2 aromatic carbocycles.